The molecule has 0 amide bonds. The third-order valence-electron chi connectivity index (χ3n) is 5.36. The number of benzene rings is 1. The second-order valence-electron chi connectivity index (χ2n) is 6.98. The van der Waals surface area contributed by atoms with Crippen molar-refractivity contribution >= 4 is 17.5 Å². The summed E-state index contributed by atoms with van der Waals surface area (Å²) in [5, 5.41) is 3.04. The van der Waals surface area contributed by atoms with Crippen molar-refractivity contribution in [2.75, 3.05) is 11.9 Å². The number of fused-ring (bicyclic) bond motifs is 5. The molecule has 2 bridgehead atoms. The second-order valence-corrected chi connectivity index (χ2v) is 6.98. The van der Waals surface area contributed by atoms with Gasteiger partial charge in [-0.2, -0.15) is 13.2 Å². The summed E-state index contributed by atoms with van der Waals surface area (Å²) in [5.41, 5.74) is 2.00. The number of esters is 1. The van der Waals surface area contributed by atoms with Gasteiger partial charge in [-0.3, -0.25) is 0 Å². The van der Waals surface area contributed by atoms with Crippen LogP contribution in [0, 0.1) is 0 Å². The maximum atomic E-state index is 13.0. The predicted molar refractivity (Wildman–Crippen MR) is 94.3 cm³/mol. The van der Waals surface area contributed by atoms with Crippen molar-refractivity contribution in [2.24, 2.45) is 0 Å². The molecule has 0 spiro atoms. The van der Waals surface area contributed by atoms with Gasteiger partial charge in [-0.15, -0.1) is 0 Å². The third kappa shape index (κ3) is 3.15. The van der Waals surface area contributed by atoms with Crippen molar-refractivity contribution in [3.8, 4) is 0 Å². The maximum Gasteiger partial charge on any atom is 0.416 e. The smallest absolute Gasteiger partial charge is 0.416 e. The number of carbonyl (C=O) groups is 1. The molecule has 0 aliphatic heterocycles. The lowest BCUT2D eigenvalue weighted by Gasteiger charge is -2.21. The highest BCUT2D eigenvalue weighted by Crippen LogP contribution is 2.56. The minimum Gasteiger partial charge on any atom is -0.462 e. The fourth-order valence-corrected chi connectivity index (χ4v) is 4.28. The van der Waals surface area contributed by atoms with Crippen LogP contribution in [-0.4, -0.2) is 17.6 Å². The summed E-state index contributed by atoms with van der Waals surface area (Å²) < 4.78 is 44.1. The van der Waals surface area contributed by atoms with E-state index >= 15 is 0 Å². The number of nitrogens with zero attached hydrogens (tertiary/aromatic N) is 1. The number of halogens is 3. The molecule has 4 nitrogen and oxygen atoms in total. The normalized spacial score (nSPS) is 20.4. The molecule has 1 heterocycles. The van der Waals surface area contributed by atoms with E-state index in [4.69, 9.17) is 4.74 Å². The van der Waals surface area contributed by atoms with Gasteiger partial charge in [-0.25, -0.2) is 9.78 Å². The molecular weight excluding hydrogens is 357 g/mol. The van der Waals surface area contributed by atoms with Crippen LogP contribution in [0.1, 0.15) is 65.1 Å². The van der Waals surface area contributed by atoms with E-state index in [1.54, 1.807) is 13.0 Å². The zero-order valence-corrected chi connectivity index (χ0v) is 14.8. The molecule has 2 unspecified atom stereocenters. The number of alkyl halides is 3. The molecule has 1 saturated carbocycles. The number of nitrogens with one attached hydrogen (secondary N) is 1. The average molecular weight is 376 g/mol. The second kappa shape index (κ2) is 6.55. The summed E-state index contributed by atoms with van der Waals surface area (Å²) in [7, 11) is 0. The third-order valence-corrected chi connectivity index (χ3v) is 5.36. The quantitative estimate of drug-likeness (QED) is 0.728. The Morgan fingerprint density at radius 3 is 2.70 bits per heavy atom. The van der Waals surface area contributed by atoms with Gasteiger partial charge in [-0.1, -0.05) is 6.07 Å². The van der Waals surface area contributed by atoms with E-state index in [0.29, 0.717) is 17.1 Å². The van der Waals surface area contributed by atoms with E-state index in [-0.39, 0.29) is 24.4 Å². The summed E-state index contributed by atoms with van der Waals surface area (Å²) in [6.45, 7) is 2.03. The largest absolute Gasteiger partial charge is 0.462 e. The summed E-state index contributed by atoms with van der Waals surface area (Å²) in [6.07, 6.45) is 0.0397. The molecule has 2 aliphatic rings. The Bertz CT molecular complexity index is 895. The molecule has 0 radical (unpaired) electrons. The van der Waals surface area contributed by atoms with Crippen molar-refractivity contribution in [3.05, 3.63) is 52.7 Å². The molecule has 2 aromatic rings. The highest BCUT2D eigenvalue weighted by Gasteiger charge is 2.42. The Kier molecular flexibility index (Phi) is 4.32. The molecule has 0 saturated heterocycles. The Balaban J connectivity index is 1.72. The number of aromatic nitrogens is 1. The first-order chi connectivity index (χ1) is 12.9. The Morgan fingerprint density at radius 1 is 1.26 bits per heavy atom. The molecule has 7 heteroatoms. The number of hydrogen-bond acceptors (Lipinski definition) is 4. The lowest BCUT2D eigenvalue weighted by atomic mass is 9.89. The van der Waals surface area contributed by atoms with Gasteiger partial charge in [0.1, 0.15) is 5.82 Å². The summed E-state index contributed by atoms with van der Waals surface area (Å²) >= 11 is 0. The monoisotopic (exact) mass is 376 g/mol. The standard InChI is InChI=1S/C20H19F3N2O2/c1-2-27-19(26)15-10-24-18(17-12-7-6-11(8-12)16(15)17)25-14-5-3-4-13(9-14)20(21,22)23/h3-5,9-12H,2,6-8H2,1H3,(H,24,25). The molecule has 2 atom stereocenters. The van der Waals surface area contributed by atoms with Crippen molar-refractivity contribution in [3.63, 3.8) is 0 Å². The number of carbonyl (C=O) groups excluding carboxylic acids is 1. The SMILES string of the molecule is CCOC(=O)c1cnc(Nc2cccc(C(F)(F)F)c2)c2c1C1CCC2C1. The first kappa shape index (κ1) is 17.8. The predicted octanol–water partition coefficient (Wildman–Crippen LogP) is 5.39. The first-order valence-electron chi connectivity index (χ1n) is 9.02. The topological polar surface area (TPSA) is 51.2 Å². The van der Waals surface area contributed by atoms with Gasteiger partial charge in [0.15, 0.2) is 0 Å². The zero-order chi connectivity index (χ0) is 19.2. The molecule has 2 aliphatic carbocycles. The zero-order valence-electron chi connectivity index (χ0n) is 14.8. The lowest BCUT2D eigenvalue weighted by molar-refractivity contribution is -0.137. The van der Waals surface area contributed by atoms with Gasteiger partial charge in [0.2, 0.25) is 0 Å². The molecule has 142 valence electrons. The maximum absolute atomic E-state index is 13.0. The van der Waals surface area contributed by atoms with Crippen LogP contribution >= 0.6 is 0 Å². The van der Waals surface area contributed by atoms with Gasteiger partial charge in [0.05, 0.1) is 17.7 Å². The molecule has 1 N–H and O–H groups in total. The van der Waals surface area contributed by atoms with Crippen molar-refractivity contribution in [1.82, 2.24) is 4.98 Å². The van der Waals surface area contributed by atoms with Crippen LogP contribution in [0.15, 0.2) is 30.5 Å². The number of anilines is 2. The van der Waals surface area contributed by atoms with E-state index in [1.165, 1.54) is 12.3 Å². The average Bonchev–Trinajstić information content (AvgIpc) is 3.24. The van der Waals surface area contributed by atoms with Crippen LogP contribution in [0.2, 0.25) is 0 Å². The van der Waals surface area contributed by atoms with E-state index in [0.717, 1.165) is 42.5 Å². The van der Waals surface area contributed by atoms with Gasteiger partial charge in [-0.05, 0) is 61.8 Å². The van der Waals surface area contributed by atoms with Crippen LogP contribution in [0.5, 0.6) is 0 Å². The fourth-order valence-electron chi connectivity index (χ4n) is 4.28. The molecule has 1 aromatic carbocycles. The highest BCUT2D eigenvalue weighted by atomic mass is 19.4. The molecule has 27 heavy (non-hydrogen) atoms. The highest BCUT2D eigenvalue weighted by molar-refractivity contribution is 5.92. The fraction of sp³-hybridized carbons (Fsp3) is 0.400. The van der Waals surface area contributed by atoms with Gasteiger partial charge in [0.25, 0.3) is 0 Å². The van der Waals surface area contributed by atoms with Gasteiger partial charge >= 0.3 is 12.1 Å². The van der Waals surface area contributed by atoms with Crippen LogP contribution in [0.3, 0.4) is 0 Å². The minimum atomic E-state index is -4.40. The minimum absolute atomic E-state index is 0.278. The van der Waals surface area contributed by atoms with Crippen molar-refractivity contribution in [1.29, 1.82) is 0 Å². The van der Waals surface area contributed by atoms with Gasteiger partial charge < -0.3 is 10.1 Å². The van der Waals surface area contributed by atoms with E-state index in [2.05, 4.69) is 10.3 Å². The number of rotatable bonds is 4. The molecule has 1 fully saturated rings. The molecule has 4 rings (SSSR count). The first-order valence-corrected chi connectivity index (χ1v) is 9.02. The van der Waals surface area contributed by atoms with Crippen LogP contribution in [-0.2, 0) is 10.9 Å². The Hall–Kier alpha value is -2.57. The van der Waals surface area contributed by atoms with Gasteiger partial charge in [0, 0.05) is 17.4 Å². The number of hydrogen-bond donors (Lipinski definition) is 1. The van der Waals surface area contributed by atoms with E-state index in [1.807, 2.05) is 0 Å². The Labute approximate surface area is 154 Å². The van der Waals surface area contributed by atoms with Crippen molar-refractivity contribution in [2.45, 2.75) is 44.2 Å². The Morgan fingerprint density at radius 2 is 2.00 bits per heavy atom. The number of ether oxygens (including phenoxy) is 1. The number of pyridine rings is 1. The summed E-state index contributed by atoms with van der Waals surface area (Å²) in [4.78, 5) is 16.7. The molecule has 1 aromatic heterocycles. The van der Waals surface area contributed by atoms with E-state index < -0.39 is 11.7 Å². The van der Waals surface area contributed by atoms with E-state index in [9.17, 15) is 18.0 Å². The van der Waals surface area contributed by atoms with Crippen molar-refractivity contribution < 1.29 is 22.7 Å². The molecular formula is C20H19F3N2O2. The van der Waals surface area contributed by atoms with Crippen LogP contribution in [0.4, 0.5) is 24.7 Å². The summed E-state index contributed by atoms with van der Waals surface area (Å²) in [6, 6.07) is 5.05. The summed E-state index contributed by atoms with van der Waals surface area (Å²) in [5.74, 6) is 0.707. The lowest BCUT2D eigenvalue weighted by Crippen LogP contribution is -2.14. The van der Waals surface area contributed by atoms with Crippen LogP contribution < -0.4 is 5.32 Å². The van der Waals surface area contributed by atoms with Crippen LogP contribution in [0.25, 0.3) is 0 Å².